The number of rotatable bonds is 11. The number of methoxy groups -OCH3 is 2. The van der Waals surface area contributed by atoms with Crippen molar-refractivity contribution < 1.29 is 26.7 Å². The van der Waals surface area contributed by atoms with Gasteiger partial charge in [-0.1, -0.05) is 24.3 Å². The summed E-state index contributed by atoms with van der Waals surface area (Å²) >= 11 is 0. The Morgan fingerprint density at radius 3 is 2.36 bits per heavy atom. The molecule has 9 heteroatoms. The van der Waals surface area contributed by atoms with Crippen molar-refractivity contribution in [2.75, 3.05) is 38.7 Å². The van der Waals surface area contributed by atoms with Gasteiger partial charge in [-0.3, -0.25) is 4.72 Å². The van der Waals surface area contributed by atoms with Crippen LogP contribution in [0, 0.1) is 11.6 Å². The summed E-state index contributed by atoms with van der Waals surface area (Å²) in [7, 11) is -0.668. The number of sulfonamides is 1. The van der Waals surface area contributed by atoms with Gasteiger partial charge in [-0.2, -0.15) is 0 Å². The second kappa shape index (κ2) is 11.3. The maximum absolute atomic E-state index is 14.0. The van der Waals surface area contributed by atoms with E-state index in [9.17, 15) is 17.2 Å². The first-order valence-corrected chi connectivity index (χ1v) is 11.7. The van der Waals surface area contributed by atoms with Crippen LogP contribution in [0.25, 0.3) is 11.1 Å². The van der Waals surface area contributed by atoms with Gasteiger partial charge in [-0.15, -0.1) is 0 Å². The molecule has 0 saturated carbocycles. The van der Waals surface area contributed by atoms with Gasteiger partial charge in [0.15, 0.2) is 0 Å². The third kappa shape index (κ3) is 6.58. The number of hydrogen-bond donors (Lipinski definition) is 2. The van der Waals surface area contributed by atoms with Gasteiger partial charge in [0, 0.05) is 38.1 Å². The lowest BCUT2D eigenvalue weighted by molar-refractivity contribution is 0.153. The number of halogens is 2. The second-order valence-electron chi connectivity index (χ2n) is 7.33. The molecule has 176 valence electrons. The molecule has 2 N–H and O–H groups in total. The van der Waals surface area contributed by atoms with E-state index in [0.717, 1.165) is 17.7 Å². The molecule has 0 bridgehead atoms. The summed E-state index contributed by atoms with van der Waals surface area (Å²) in [5, 5.41) is 3.31. The molecule has 0 heterocycles. The van der Waals surface area contributed by atoms with E-state index in [1.165, 1.54) is 30.3 Å². The Morgan fingerprint density at radius 1 is 0.939 bits per heavy atom. The first-order chi connectivity index (χ1) is 15.8. The predicted octanol–water partition coefficient (Wildman–Crippen LogP) is 4.36. The Morgan fingerprint density at radius 2 is 1.70 bits per heavy atom. The minimum atomic E-state index is -3.88. The van der Waals surface area contributed by atoms with Crippen LogP contribution in [0.2, 0.25) is 0 Å². The predicted molar refractivity (Wildman–Crippen MR) is 124 cm³/mol. The molecule has 0 radical (unpaired) electrons. The molecule has 1 atom stereocenters. The quantitative estimate of drug-likeness (QED) is 0.402. The number of nitrogens with one attached hydrogen (secondary N) is 2. The van der Waals surface area contributed by atoms with Gasteiger partial charge in [0.25, 0.3) is 10.0 Å². The standard InChI is InChI=1S/C24H26F2N2O4S/c1-31-13-12-27-24(16-32-2)18-4-3-5-20(14-18)28-33(29,30)21-9-6-17(7-10-21)22-11-8-19(25)15-23(22)26/h3-11,14-15,24,27-28H,12-13,16H2,1-2H3. The summed E-state index contributed by atoms with van der Waals surface area (Å²) in [5.74, 6) is -1.39. The third-order valence-electron chi connectivity index (χ3n) is 4.98. The van der Waals surface area contributed by atoms with E-state index in [1.54, 1.807) is 32.4 Å². The maximum atomic E-state index is 14.0. The molecule has 3 rings (SSSR count). The van der Waals surface area contributed by atoms with Gasteiger partial charge in [-0.05, 0) is 47.5 Å². The zero-order valence-corrected chi connectivity index (χ0v) is 19.2. The Kier molecular flexibility index (Phi) is 8.51. The highest BCUT2D eigenvalue weighted by Gasteiger charge is 2.17. The van der Waals surface area contributed by atoms with Crippen LogP contribution >= 0.6 is 0 Å². The van der Waals surface area contributed by atoms with Gasteiger partial charge in [-0.25, -0.2) is 17.2 Å². The molecule has 1 unspecified atom stereocenters. The molecule has 0 saturated heterocycles. The van der Waals surface area contributed by atoms with Crippen LogP contribution in [0.1, 0.15) is 11.6 Å². The van der Waals surface area contributed by atoms with Crippen molar-refractivity contribution in [2.24, 2.45) is 0 Å². The largest absolute Gasteiger partial charge is 0.383 e. The van der Waals surface area contributed by atoms with E-state index in [1.807, 2.05) is 6.07 Å². The summed E-state index contributed by atoms with van der Waals surface area (Å²) in [4.78, 5) is 0.0193. The highest BCUT2D eigenvalue weighted by molar-refractivity contribution is 7.92. The molecule has 3 aromatic rings. The zero-order chi connectivity index (χ0) is 23.8. The van der Waals surface area contributed by atoms with Gasteiger partial charge in [0.2, 0.25) is 0 Å². The molecule has 33 heavy (non-hydrogen) atoms. The molecule has 0 aliphatic carbocycles. The summed E-state index contributed by atoms with van der Waals surface area (Å²) in [5.41, 5.74) is 1.88. The smallest absolute Gasteiger partial charge is 0.261 e. The van der Waals surface area contributed by atoms with Gasteiger partial charge < -0.3 is 14.8 Å². The number of benzene rings is 3. The fourth-order valence-corrected chi connectivity index (χ4v) is 4.39. The van der Waals surface area contributed by atoms with Crippen LogP contribution in [0.3, 0.4) is 0 Å². The zero-order valence-electron chi connectivity index (χ0n) is 18.3. The van der Waals surface area contributed by atoms with Crippen molar-refractivity contribution >= 4 is 15.7 Å². The van der Waals surface area contributed by atoms with E-state index in [2.05, 4.69) is 10.0 Å². The topological polar surface area (TPSA) is 76.7 Å². The average molecular weight is 477 g/mol. The highest BCUT2D eigenvalue weighted by Crippen LogP contribution is 2.26. The molecule has 6 nitrogen and oxygen atoms in total. The monoisotopic (exact) mass is 476 g/mol. The summed E-state index contributed by atoms with van der Waals surface area (Å²) in [6.07, 6.45) is 0. The second-order valence-corrected chi connectivity index (χ2v) is 9.02. The fourth-order valence-electron chi connectivity index (χ4n) is 3.35. The third-order valence-corrected chi connectivity index (χ3v) is 6.38. The van der Waals surface area contributed by atoms with Crippen molar-refractivity contribution in [1.82, 2.24) is 5.32 Å². The molecule has 0 spiro atoms. The van der Waals surface area contributed by atoms with Crippen LogP contribution < -0.4 is 10.0 Å². The summed E-state index contributed by atoms with van der Waals surface area (Å²) in [6.45, 7) is 1.55. The van der Waals surface area contributed by atoms with Gasteiger partial charge in [0.05, 0.1) is 24.2 Å². The summed E-state index contributed by atoms with van der Waals surface area (Å²) < 4.78 is 65.8. The normalized spacial score (nSPS) is 12.5. The lowest BCUT2D eigenvalue weighted by Crippen LogP contribution is -2.28. The lowest BCUT2D eigenvalue weighted by atomic mass is 10.1. The molecule has 0 aliphatic rings. The van der Waals surface area contributed by atoms with Crippen molar-refractivity contribution in [3.8, 4) is 11.1 Å². The minimum absolute atomic E-state index is 0.0193. The molecule has 3 aromatic carbocycles. The molecule has 0 fully saturated rings. The van der Waals surface area contributed by atoms with Crippen molar-refractivity contribution in [3.63, 3.8) is 0 Å². The molecule has 0 amide bonds. The van der Waals surface area contributed by atoms with Gasteiger partial charge >= 0.3 is 0 Å². The molecule has 0 aromatic heterocycles. The molecular weight excluding hydrogens is 450 g/mol. The van der Waals surface area contributed by atoms with Crippen molar-refractivity contribution in [1.29, 1.82) is 0 Å². The lowest BCUT2D eigenvalue weighted by Gasteiger charge is -2.19. The number of hydrogen-bond acceptors (Lipinski definition) is 5. The van der Waals surface area contributed by atoms with E-state index in [0.29, 0.717) is 31.0 Å². The Balaban J connectivity index is 1.78. The van der Waals surface area contributed by atoms with Crippen LogP contribution in [0.5, 0.6) is 0 Å². The van der Waals surface area contributed by atoms with Crippen LogP contribution in [0.4, 0.5) is 14.5 Å². The first kappa shape index (κ1) is 24.8. The van der Waals surface area contributed by atoms with Crippen LogP contribution in [0.15, 0.2) is 71.6 Å². The SMILES string of the molecule is COCCNC(COC)c1cccc(NS(=O)(=O)c2ccc(-c3ccc(F)cc3F)cc2)c1. The highest BCUT2D eigenvalue weighted by atomic mass is 32.2. The van der Waals surface area contributed by atoms with Gasteiger partial charge in [0.1, 0.15) is 11.6 Å². The maximum Gasteiger partial charge on any atom is 0.261 e. The van der Waals surface area contributed by atoms with Crippen LogP contribution in [-0.4, -0.2) is 42.4 Å². The van der Waals surface area contributed by atoms with E-state index >= 15 is 0 Å². The molecular formula is C24H26F2N2O4S. The molecule has 0 aliphatic heterocycles. The minimum Gasteiger partial charge on any atom is -0.383 e. The number of anilines is 1. The van der Waals surface area contributed by atoms with Crippen LogP contribution in [-0.2, 0) is 19.5 Å². The Labute approximate surface area is 192 Å². The van der Waals surface area contributed by atoms with Crippen molar-refractivity contribution in [2.45, 2.75) is 10.9 Å². The van der Waals surface area contributed by atoms with E-state index in [4.69, 9.17) is 9.47 Å². The van der Waals surface area contributed by atoms with Crippen molar-refractivity contribution in [3.05, 3.63) is 83.9 Å². The average Bonchev–Trinajstić information content (AvgIpc) is 2.79. The fraction of sp³-hybridized carbons (Fsp3) is 0.250. The summed E-state index contributed by atoms with van der Waals surface area (Å²) in [6, 6.07) is 15.9. The Hall–Kier alpha value is -2.85. The van der Waals surface area contributed by atoms with E-state index < -0.39 is 21.7 Å². The number of ether oxygens (including phenoxy) is 2. The first-order valence-electron chi connectivity index (χ1n) is 10.2. The van der Waals surface area contributed by atoms with E-state index in [-0.39, 0.29) is 16.5 Å². The Bertz CT molecular complexity index is 1170.